The lowest BCUT2D eigenvalue weighted by atomic mass is 10.0. The van der Waals surface area contributed by atoms with Crippen LogP contribution < -0.4 is 5.32 Å². The average molecular weight is 254 g/mol. The number of hydrogen-bond acceptors (Lipinski definition) is 2. The number of benzene rings is 2. The molecule has 0 aromatic heterocycles. The molecule has 3 nitrogen and oxygen atoms in total. The largest absolute Gasteiger partial charge is 0.380 e. The summed E-state index contributed by atoms with van der Waals surface area (Å²) in [6.45, 7) is 0.783. The summed E-state index contributed by atoms with van der Waals surface area (Å²) in [7, 11) is 1.87. The minimum absolute atomic E-state index is 0.247. The first-order chi connectivity index (χ1) is 9.22. The summed E-state index contributed by atoms with van der Waals surface area (Å²) in [6, 6.07) is 15.1. The van der Waals surface area contributed by atoms with Crippen molar-refractivity contribution >= 4 is 22.4 Å². The van der Waals surface area contributed by atoms with Crippen molar-refractivity contribution in [1.82, 2.24) is 4.90 Å². The van der Waals surface area contributed by atoms with Gasteiger partial charge in [0.1, 0.15) is 0 Å². The van der Waals surface area contributed by atoms with Gasteiger partial charge in [0.25, 0.3) is 0 Å². The quantitative estimate of drug-likeness (QED) is 0.893. The maximum absolute atomic E-state index is 11.5. The molecule has 1 atom stereocenters. The van der Waals surface area contributed by atoms with E-state index in [-0.39, 0.29) is 5.91 Å². The average Bonchev–Trinajstić information content (AvgIpc) is 2.43. The minimum atomic E-state index is 0.247. The Balaban J connectivity index is 1.76. The SMILES string of the molecule is CN1CC(Nc2ccc3ccccc3c2)CCC1=O. The van der Waals surface area contributed by atoms with E-state index in [0.29, 0.717) is 12.5 Å². The number of carbonyl (C=O) groups excluding carboxylic acids is 1. The van der Waals surface area contributed by atoms with Crippen LogP contribution in [0.5, 0.6) is 0 Å². The Bertz CT molecular complexity index is 608. The molecule has 0 spiro atoms. The molecule has 0 aliphatic carbocycles. The van der Waals surface area contributed by atoms with Crippen LogP contribution in [0.1, 0.15) is 12.8 Å². The number of piperidine rings is 1. The van der Waals surface area contributed by atoms with Gasteiger partial charge in [-0.2, -0.15) is 0 Å². The van der Waals surface area contributed by atoms with E-state index in [4.69, 9.17) is 0 Å². The van der Waals surface area contributed by atoms with E-state index in [0.717, 1.165) is 18.7 Å². The van der Waals surface area contributed by atoms with E-state index >= 15 is 0 Å². The van der Waals surface area contributed by atoms with Gasteiger partial charge in [-0.25, -0.2) is 0 Å². The van der Waals surface area contributed by atoms with Gasteiger partial charge in [0.2, 0.25) is 5.91 Å². The standard InChI is InChI=1S/C16H18N2O/c1-18-11-15(8-9-16(18)19)17-14-7-6-12-4-2-3-5-13(12)10-14/h2-7,10,15,17H,8-9,11H2,1H3. The second-order valence-electron chi connectivity index (χ2n) is 5.22. The van der Waals surface area contributed by atoms with Crippen molar-refractivity contribution < 1.29 is 4.79 Å². The lowest BCUT2D eigenvalue weighted by Gasteiger charge is -2.30. The molecule has 3 heteroatoms. The third-order valence-corrected chi connectivity index (χ3v) is 3.75. The van der Waals surface area contributed by atoms with Crippen molar-refractivity contribution in [1.29, 1.82) is 0 Å². The van der Waals surface area contributed by atoms with Crippen LogP contribution >= 0.6 is 0 Å². The third-order valence-electron chi connectivity index (χ3n) is 3.75. The smallest absolute Gasteiger partial charge is 0.222 e. The predicted octanol–water partition coefficient (Wildman–Crippen LogP) is 2.87. The number of nitrogens with zero attached hydrogens (tertiary/aromatic N) is 1. The van der Waals surface area contributed by atoms with E-state index in [1.165, 1.54) is 10.8 Å². The van der Waals surface area contributed by atoms with E-state index in [1.807, 2.05) is 11.9 Å². The summed E-state index contributed by atoms with van der Waals surface area (Å²) in [5.74, 6) is 0.247. The molecular weight excluding hydrogens is 236 g/mol. The van der Waals surface area contributed by atoms with Gasteiger partial charge in [-0.15, -0.1) is 0 Å². The summed E-state index contributed by atoms with van der Waals surface area (Å²) in [5.41, 5.74) is 1.13. The number of rotatable bonds is 2. The van der Waals surface area contributed by atoms with Crippen molar-refractivity contribution in [3.8, 4) is 0 Å². The van der Waals surface area contributed by atoms with Gasteiger partial charge in [-0.05, 0) is 29.3 Å². The Labute approximate surface area is 113 Å². The lowest BCUT2D eigenvalue weighted by molar-refractivity contribution is -0.132. The molecule has 1 aliphatic heterocycles. The molecule has 98 valence electrons. The number of fused-ring (bicyclic) bond motifs is 1. The van der Waals surface area contributed by atoms with Gasteiger partial charge in [-0.3, -0.25) is 4.79 Å². The Morgan fingerprint density at radius 2 is 1.95 bits per heavy atom. The zero-order valence-corrected chi connectivity index (χ0v) is 11.1. The molecule has 0 saturated carbocycles. The number of likely N-dealkylation sites (tertiary alicyclic amines) is 1. The fourth-order valence-corrected chi connectivity index (χ4v) is 2.64. The van der Waals surface area contributed by atoms with Gasteiger partial charge in [0.15, 0.2) is 0 Å². The Morgan fingerprint density at radius 3 is 2.74 bits per heavy atom. The molecule has 0 radical (unpaired) electrons. The Hall–Kier alpha value is -2.03. The second-order valence-corrected chi connectivity index (χ2v) is 5.22. The van der Waals surface area contributed by atoms with Crippen molar-refractivity contribution in [2.24, 2.45) is 0 Å². The number of likely N-dealkylation sites (N-methyl/N-ethyl adjacent to an activating group) is 1. The third kappa shape index (κ3) is 2.55. The first-order valence-electron chi connectivity index (χ1n) is 6.72. The normalized spacial score (nSPS) is 19.7. The number of anilines is 1. The number of hydrogen-bond donors (Lipinski definition) is 1. The summed E-state index contributed by atoms with van der Waals surface area (Å²) in [6.07, 6.45) is 1.55. The van der Waals surface area contributed by atoms with Gasteiger partial charge < -0.3 is 10.2 Å². The monoisotopic (exact) mass is 254 g/mol. The highest BCUT2D eigenvalue weighted by Crippen LogP contribution is 2.21. The van der Waals surface area contributed by atoms with Crippen molar-refractivity contribution in [3.05, 3.63) is 42.5 Å². The first-order valence-corrected chi connectivity index (χ1v) is 6.72. The van der Waals surface area contributed by atoms with Crippen LogP contribution in [-0.4, -0.2) is 30.4 Å². The molecule has 0 bridgehead atoms. The molecule has 1 heterocycles. The highest BCUT2D eigenvalue weighted by molar-refractivity contribution is 5.85. The molecule has 2 aromatic carbocycles. The van der Waals surface area contributed by atoms with Crippen LogP contribution in [-0.2, 0) is 4.79 Å². The molecule has 2 aromatic rings. The predicted molar refractivity (Wildman–Crippen MR) is 78.2 cm³/mol. The summed E-state index contributed by atoms with van der Waals surface area (Å²) in [5, 5.41) is 6.03. The van der Waals surface area contributed by atoms with Gasteiger partial charge >= 0.3 is 0 Å². The fraction of sp³-hybridized carbons (Fsp3) is 0.312. The van der Waals surface area contributed by atoms with Crippen LogP contribution in [0.4, 0.5) is 5.69 Å². The topological polar surface area (TPSA) is 32.3 Å². The van der Waals surface area contributed by atoms with E-state index in [9.17, 15) is 4.79 Å². The van der Waals surface area contributed by atoms with Crippen LogP contribution in [0.25, 0.3) is 10.8 Å². The van der Waals surface area contributed by atoms with E-state index in [1.54, 1.807) is 0 Å². The molecule has 3 rings (SSSR count). The minimum Gasteiger partial charge on any atom is -0.380 e. The second kappa shape index (κ2) is 4.92. The zero-order chi connectivity index (χ0) is 13.2. The summed E-state index contributed by atoms with van der Waals surface area (Å²) >= 11 is 0. The van der Waals surface area contributed by atoms with E-state index in [2.05, 4.69) is 47.8 Å². The maximum atomic E-state index is 11.5. The van der Waals surface area contributed by atoms with Crippen molar-refractivity contribution in [3.63, 3.8) is 0 Å². The molecule has 1 unspecified atom stereocenters. The van der Waals surface area contributed by atoms with Crippen molar-refractivity contribution in [2.45, 2.75) is 18.9 Å². The summed E-state index contributed by atoms with van der Waals surface area (Å²) in [4.78, 5) is 13.3. The highest BCUT2D eigenvalue weighted by atomic mass is 16.2. The molecule has 19 heavy (non-hydrogen) atoms. The van der Waals surface area contributed by atoms with E-state index < -0.39 is 0 Å². The lowest BCUT2D eigenvalue weighted by Crippen LogP contribution is -2.43. The molecule has 1 N–H and O–H groups in total. The number of carbonyl (C=O) groups is 1. The molecule has 1 aliphatic rings. The molecule has 1 fully saturated rings. The van der Waals surface area contributed by atoms with Crippen LogP contribution in [0.15, 0.2) is 42.5 Å². The zero-order valence-electron chi connectivity index (χ0n) is 11.1. The van der Waals surface area contributed by atoms with Crippen LogP contribution in [0, 0.1) is 0 Å². The Kier molecular flexibility index (Phi) is 3.11. The summed E-state index contributed by atoms with van der Waals surface area (Å²) < 4.78 is 0. The maximum Gasteiger partial charge on any atom is 0.222 e. The van der Waals surface area contributed by atoms with Crippen LogP contribution in [0.3, 0.4) is 0 Å². The molecular formula is C16H18N2O. The molecule has 1 amide bonds. The first kappa shape index (κ1) is 12.0. The number of nitrogens with one attached hydrogen (secondary N) is 1. The Morgan fingerprint density at radius 1 is 1.16 bits per heavy atom. The van der Waals surface area contributed by atoms with Gasteiger partial charge in [-0.1, -0.05) is 30.3 Å². The van der Waals surface area contributed by atoms with Gasteiger partial charge in [0.05, 0.1) is 0 Å². The van der Waals surface area contributed by atoms with Crippen LogP contribution in [0.2, 0.25) is 0 Å². The van der Waals surface area contributed by atoms with Gasteiger partial charge in [0, 0.05) is 31.7 Å². The number of amides is 1. The highest BCUT2D eigenvalue weighted by Gasteiger charge is 2.22. The molecule has 1 saturated heterocycles. The fourth-order valence-electron chi connectivity index (χ4n) is 2.64. The van der Waals surface area contributed by atoms with Crippen molar-refractivity contribution in [2.75, 3.05) is 18.9 Å².